The highest BCUT2D eigenvalue weighted by molar-refractivity contribution is 7.09. The van der Waals surface area contributed by atoms with Gasteiger partial charge < -0.3 is 5.32 Å². The fourth-order valence-electron chi connectivity index (χ4n) is 2.46. The van der Waals surface area contributed by atoms with Crippen LogP contribution in [0, 0.1) is 0 Å². The summed E-state index contributed by atoms with van der Waals surface area (Å²) in [6, 6.07) is 17.9. The van der Waals surface area contributed by atoms with Gasteiger partial charge in [-0.25, -0.2) is 4.98 Å². The van der Waals surface area contributed by atoms with Crippen LogP contribution in [0.1, 0.15) is 35.1 Å². The summed E-state index contributed by atoms with van der Waals surface area (Å²) < 4.78 is 0. The lowest BCUT2D eigenvalue weighted by atomic mass is 10.1. The topological polar surface area (TPSA) is 42.0 Å². The summed E-state index contributed by atoms with van der Waals surface area (Å²) in [6.45, 7) is 2.70. The molecular formula is C20H20N2OS. The van der Waals surface area contributed by atoms with Crippen molar-refractivity contribution in [2.45, 2.75) is 26.3 Å². The number of rotatable bonds is 7. The predicted octanol–water partition coefficient (Wildman–Crippen LogP) is 5.41. The molecule has 1 aromatic heterocycles. The first-order chi connectivity index (χ1) is 11.8. The van der Waals surface area contributed by atoms with Gasteiger partial charge in [0.2, 0.25) is 0 Å². The van der Waals surface area contributed by atoms with Crippen molar-refractivity contribution >= 4 is 22.8 Å². The molecule has 3 aromatic rings. The van der Waals surface area contributed by atoms with Crippen molar-refractivity contribution in [3.63, 3.8) is 0 Å². The van der Waals surface area contributed by atoms with Crippen molar-refractivity contribution in [2.75, 3.05) is 5.32 Å². The van der Waals surface area contributed by atoms with Crippen molar-refractivity contribution in [3.05, 3.63) is 70.5 Å². The van der Waals surface area contributed by atoms with Gasteiger partial charge in [0.05, 0.1) is 12.2 Å². The second kappa shape index (κ2) is 7.88. The second-order valence-corrected chi connectivity index (χ2v) is 6.54. The highest BCUT2D eigenvalue weighted by Gasteiger charge is 2.06. The van der Waals surface area contributed by atoms with Crippen LogP contribution < -0.4 is 5.32 Å². The molecule has 3 nitrogen and oxygen atoms in total. The van der Waals surface area contributed by atoms with Crippen LogP contribution in [0.3, 0.4) is 0 Å². The predicted molar refractivity (Wildman–Crippen MR) is 101 cm³/mol. The normalized spacial score (nSPS) is 10.5. The van der Waals surface area contributed by atoms with Crippen LogP contribution >= 0.6 is 11.3 Å². The second-order valence-electron chi connectivity index (χ2n) is 5.60. The van der Waals surface area contributed by atoms with Gasteiger partial charge in [0, 0.05) is 28.6 Å². The third kappa shape index (κ3) is 4.09. The van der Waals surface area contributed by atoms with Crippen LogP contribution in [0.25, 0.3) is 11.3 Å². The molecule has 0 atom stereocenters. The summed E-state index contributed by atoms with van der Waals surface area (Å²) in [6.07, 6.45) is 1.49. The van der Waals surface area contributed by atoms with E-state index in [1.807, 2.05) is 49.4 Å². The third-order valence-electron chi connectivity index (χ3n) is 3.75. The van der Waals surface area contributed by atoms with E-state index < -0.39 is 0 Å². The number of benzene rings is 2. The Hall–Kier alpha value is -2.46. The number of ketones is 1. The Morgan fingerprint density at radius 2 is 1.83 bits per heavy atom. The number of thiazole rings is 1. The number of aromatic nitrogens is 1. The van der Waals surface area contributed by atoms with Crippen LogP contribution in [-0.2, 0) is 6.54 Å². The van der Waals surface area contributed by atoms with Crippen molar-refractivity contribution in [1.82, 2.24) is 4.98 Å². The maximum atomic E-state index is 11.8. The van der Waals surface area contributed by atoms with E-state index in [1.165, 1.54) is 0 Å². The van der Waals surface area contributed by atoms with E-state index in [4.69, 9.17) is 0 Å². The van der Waals surface area contributed by atoms with E-state index in [2.05, 4.69) is 27.8 Å². The molecule has 4 heteroatoms. The zero-order valence-electron chi connectivity index (χ0n) is 13.7. The quantitative estimate of drug-likeness (QED) is 0.587. The highest BCUT2D eigenvalue weighted by atomic mass is 32.1. The van der Waals surface area contributed by atoms with Gasteiger partial charge in [-0.15, -0.1) is 11.3 Å². The first-order valence-electron chi connectivity index (χ1n) is 8.13. The summed E-state index contributed by atoms with van der Waals surface area (Å²) in [5.74, 6) is 0.205. The van der Waals surface area contributed by atoms with Crippen molar-refractivity contribution < 1.29 is 4.79 Å². The molecule has 1 N–H and O–H groups in total. The molecule has 0 aliphatic heterocycles. The average molecular weight is 336 g/mol. The zero-order valence-corrected chi connectivity index (χ0v) is 14.5. The number of carbonyl (C=O) groups is 1. The van der Waals surface area contributed by atoms with Crippen LogP contribution in [-0.4, -0.2) is 10.8 Å². The fourth-order valence-corrected chi connectivity index (χ4v) is 3.20. The van der Waals surface area contributed by atoms with Gasteiger partial charge in [-0.2, -0.15) is 0 Å². The first kappa shape index (κ1) is 16.4. The number of hydrogen-bond acceptors (Lipinski definition) is 4. The standard InChI is InChI=1S/C20H20N2OS/c1-2-6-19(23)16-9-11-17(12-10-16)21-13-20-22-18(14-24-20)15-7-4-3-5-8-15/h3-5,7-12,14,21H,2,6,13H2,1H3. The first-order valence-corrected chi connectivity index (χ1v) is 9.01. The van der Waals surface area contributed by atoms with E-state index in [-0.39, 0.29) is 5.78 Å². The number of nitrogens with zero attached hydrogens (tertiary/aromatic N) is 1. The minimum atomic E-state index is 0.205. The Morgan fingerprint density at radius 1 is 1.08 bits per heavy atom. The lowest BCUT2D eigenvalue weighted by Gasteiger charge is -2.05. The number of anilines is 1. The average Bonchev–Trinajstić information content (AvgIpc) is 3.10. The highest BCUT2D eigenvalue weighted by Crippen LogP contribution is 2.22. The Morgan fingerprint density at radius 3 is 2.54 bits per heavy atom. The van der Waals surface area contributed by atoms with E-state index in [9.17, 15) is 4.79 Å². The molecule has 0 saturated carbocycles. The minimum Gasteiger partial charge on any atom is -0.379 e. The smallest absolute Gasteiger partial charge is 0.162 e. The molecule has 0 aliphatic rings. The minimum absolute atomic E-state index is 0.205. The van der Waals surface area contributed by atoms with Gasteiger partial charge in [0.25, 0.3) is 0 Å². The van der Waals surface area contributed by atoms with Crippen LogP contribution in [0.15, 0.2) is 60.0 Å². The summed E-state index contributed by atoms with van der Waals surface area (Å²) >= 11 is 1.65. The van der Waals surface area contributed by atoms with E-state index in [1.54, 1.807) is 11.3 Å². The number of Topliss-reactive ketones (excluding diaryl/α,β-unsaturated/α-hetero) is 1. The fraction of sp³-hybridized carbons (Fsp3) is 0.200. The molecule has 0 saturated heterocycles. The lowest BCUT2D eigenvalue weighted by Crippen LogP contribution is -2.01. The third-order valence-corrected chi connectivity index (χ3v) is 4.60. The Kier molecular flexibility index (Phi) is 5.39. The van der Waals surface area contributed by atoms with Gasteiger partial charge in [-0.3, -0.25) is 4.79 Å². The molecule has 0 fully saturated rings. The van der Waals surface area contributed by atoms with Crippen LogP contribution in [0.2, 0.25) is 0 Å². The Bertz CT molecular complexity index is 794. The Balaban J connectivity index is 1.60. The summed E-state index contributed by atoms with van der Waals surface area (Å²) in [5.41, 5.74) is 3.93. The maximum Gasteiger partial charge on any atom is 0.162 e. The van der Waals surface area contributed by atoms with Crippen molar-refractivity contribution in [1.29, 1.82) is 0 Å². The molecule has 0 unspecified atom stereocenters. The Labute approximate surface area is 146 Å². The maximum absolute atomic E-state index is 11.8. The van der Waals surface area contributed by atoms with E-state index >= 15 is 0 Å². The van der Waals surface area contributed by atoms with E-state index in [0.29, 0.717) is 13.0 Å². The summed E-state index contributed by atoms with van der Waals surface area (Å²) in [4.78, 5) is 16.5. The molecule has 122 valence electrons. The van der Waals surface area contributed by atoms with Gasteiger partial charge >= 0.3 is 0 Å². The van der Waals surface area contributed by atoms with Gasteiger partial charge in [0.1, 0.15) is 5.01 Å². The van der Waals surface area contributed by atoms with Crippen LogP contribution in [0.4, 0.5) is 5.69 Å². The van der Waals surface area contributed by atoms with Gasteiger partial charge in [0.15, 0.2) is 5.78 Å². The molecule has 3 rings (SSSR count). The van der Waals surface area contributed by atoms with Crippen molar-refractivity contribution in [2.24, 2.45) is 0 Å². The number of nitrogens with one attached hydrogen (secondary N) is 1. The molecule has 0 aliphatic carbocycles. The van der Waals surface area contributed by atoms with Crippen LogP contribution in [0.5, 0.6) is 0 Å². The van der Waals surface area contributed by atoms with Gasteiger partial charge in [-0.1, -0.05) is 37.3 Å². The largest absolute Gasteiger partial charge is 0.379 e. The van der Waals surface area contributed by atoms with Crippen molar-refractivity contribution in [3.8, 4) is 11.3 Å². The molecule has 1 heterocycles. The molecule has 0 amide bonds. The molecule has 0 bridgehead atoms. The molecule has 24 heavy (non-hydrogen) atoms. The summed E-state index contributed by atoms with van der Waals surface area (Å²) in [5, 5.41) is 6.48. The summed E-state index contributed by atoms with van der Waals surface area (Å²) in [7, 11) is 0. The lowest BCUT2D eigenvalue weighted by molar-refractivity contribution is 0.0982. The molecule has 0 radical (unpaired) electrons. The van der Waals surface area contributed by atoms with Gasteiger partial charge in [-0.05, 0) is 30.7 Å². The zero-order chi connectivity index (χ0) is 16.8. The molecule has 0 spiro atoms. The molecular weight excluding hydrogens is 316 g/mol. The van der Waals surface area contributed by atoms with E-state index in [0.717, 1.165) is 33.9 Å². The monoisotopic (exact) mass is 336 g/mol. The SMILES string of the molecule is CCCC(=O)c1ccc(NCc2nc(-c3ccccc3)cs2)cc1. The number of hydrogen-bond donors (Lipinski definition) is 1. The molecule has 2 aromatic carbocycles. The number of carbonyl (C=O) groups excluding carboxylic acids is 1.